The summed E-state index contributed by atoms with van der Waals surface area (Å²) in [7, 11) is 0. The lowest BCUT2D eigenvalue weighted by atomic mass is 9.92. The summed E-state index contributed by atoms with van der Waals surface area (Å²) in [5.74, 6) is 4.30. The number of carbonyl (C=O) groups is 3. The van der Waals surface area contributed by atoms with Crippen LogP contribution in [0, 0.1) is 5.41 Å². The number of amides is 3. The molecule has 0 unspecified atom stereocenters. The van der Waals surface area contributed by atoms with Gasteiger partial charge < -0.3 is 0 Å². The number of nitrogens with zero attached hydrogens (tertiary/aromatic N) is 1. The summed E-state index contributed by atoms with van der Waals surface area (Å²) in [4.78, 5) is 36.7. The van der Waals surface area contributed by atoms with Crippen LogP contribution in [0.5, 0.6) is 0 Å². The number of hydrazine groups is 1. The van der Waals surface area contributed by atoms with Crippen LogP contribution in [-0.2, 0) is 16.1 Å². The van der Waals surface area contributed by atoms with E-state index in [1.807, 2.05) is 5.43 Å². The van der Waals surface area contributed by atoms with E-state index < -0.39 is 11.3 Å². The summed E-state index contributed by atoms with van der Waals surface area (Å²) < 4.78 is 0. The quantitative estimate of drug-likeness (QED) is 0.365. The number of hydrogen-bond donors (Lipinski definition) is 2. The van der Waals surface area contributed by atoms with Gasteiger partial charge in [-0.1, -0.05) is 26.0 Å². The van der Waals surface area contributed by atoms with Gasteiger partial charge in [0.25, 0.3) is 5.91 Å². The van der Waals surface area contributed by atoms with E-state index in [1.54, 1.807) is 38.1 Å². The molecule has 6 nitrogen and oxygen atoms in total. The molecule has 0 saturated carbocycles. The van der Waals surface area contributed by atoms with Crippen LogP contribution in [0.1, 0.15) is 36.2 Å². The Hall–Kier alpha value is -2.21. The first-order valence-corrected chi connectivity index (χ1v) is 6.30. The maximum absolute atomic E-state index is 12.1. The molecule has 0 bridgehead atoms. The van der Waals surface area contributed by atoms with Gasteiger partial charge in [-0.15, -0.1) is 0 Å². The highest BCUT2D eigenvalue weighted by Crippen LogP contribution is 2.32. The first kappa shape index (κ1) is 14.2. The van der Waals surface area contributed by atoms with Crippen LogP contribution in [0.15, 0.2) is 24.3 Å². The van der Waals surface area contributed by atoms with E-state index in [2.05, 4.69) is 0 Å². The fourth-order valence-electron chi connectivity index (χ4n) is 2.26. The molecular weight excluding hydrogens is 258 g/mol. The maximum atomic E-state index is 12.1. The average Bonchev–Trinajstić information content (AvgIpc) is 2.60. The van der Waals surface area contributed by atoms with Gasteiger partial charge >= 0.3 is 0 Å². The van der Waals surface area contributed by atoms with E-state index in [1.165, 1.54) is 4.90 Å². The average molecular weight is 275 g/mol. The molecular formula is C14H17N3O3. The molecule has 1 heterocycles. The molecule has 1 aromatic rings. The molecule has 20 heavy (non-hydrogen) atoms. The molecule has 0 aromatic heterocycles. The lowest BCUT2D eigenvalue weighted by molar-refractivity contribution is -0.141. The molecule has 0 radical (unpaired) electrons. The van der Waals surface area contributed by atoms with Crippen molar-refractivity contribution in [1.82, 2.24) is 10.3 Å². The highest BCUT2D eigenvalue weighted by atomic mass is 16.2. The topological polar surface area (TPSA) is 92.5 Å². The fourth-order valence-corrected chi connectivity index (χ4v) is 2.26. The van der Waals surface area contributed by atoms with Crippen molar-refractivity contribution in [1.29, 1.82) is 0 Å². The van der Waals surface area contributed by atoms with Gasteiger partial charge in [0.1, 0.15) is 0 Å². The number of benzene rings is 1. The number of carbonyl (C=O) groups excluding carboxylic acids is 3. The summed E-state index contributed by atoms with van der Waals surface area (Å²) in [6, 6.07) is 6.69. The highest BCUT2D eigenvalue weighted by molar-refractivity contribution is 6.05. The Labute approximate surface area is 116 Å². The normalized spacial score (nSPS) is 17.4. The Bertz CT molecular complexity index is 581. The molecule has 3 N–H and O–H groups in total. The molecule has 106 valence electrons. The van der Waals surface area contributed by atoms with Crippen molar-refractivity contribution in [3.63, 3.8) is 0 Å². The minimum atomic E-state index is -0.649. The summed E-state index contributed by atoms with van der Waals surface area (Å²) >= 11 is 0. The zero-order valence-corrected chi connectivity index (χ0v) is 11.5. The van der Waals surface area contributed by atoms with E-state index in [9.17, 15) is 14.4 Å². The van der Waals surface area contributed by atoms with Crippen molar-refractivity contribution in [2.75, 3.05) is 0 Å². The Morgan fingerprint density at radius 1 is 1.40 bits per heavy atom. The van der Waals surface area contributed by atoms with E-state index in [0.717, 1.165) is 0 Å². The predicted molar refractivity (Wildman–Crippen MR) is 72.1 cm³/mol. The Morgan fingerprint density at radius 2 is 2.10 bits per heavy atom. The monoisotopic (exact) mass is 275 g/mol. The number of nitrogens with one attached hydrogen (secondary N) is 1. The van der Waals surface area contributed by atoms with E-state index in [-0.39, 0.29) is 24.8 Å². The van der Waals surface area contributed by atoms with Crippen molar-refractivity contribution in [3.05, 3.63) is 35.4 Å². The largest absolute Gasteiger partial charge is 0.290 e. The molecule has 1 fully saturated rings. The van der Waals surface area contributed by atoms with Crippen LogP contribution in [-0.4, -0.2) is 22.6 Å². The second-order valence-corrected chi connectivity index (χ2v) is 5.52. The standard InChI is InChI=1S/C14H17N3O3/c1-14(2)7-11(18)17(13(14)20)8-9-4-3-5-10(6-9)12(19)16-15/h3-6H,7-8,15H2,1-2H3,(H,16,19). The number of nitrogens with two attached hydrogens (primary N) is 1. The summed E-state index contributed by atoms with van der Waals surface area (Å²) in [5.41, 5.74) is 2.50. The minimum absolute atomic E-state index is 0.173. The summed E-state index contributed by atoms with van der Waals surface area (Å²) in [6.45, 7) is 3.68. The number of rotatable bonds is 3. The maximum Gasteiger partial charge on any atom is 0.265 e. The first-order chi connectivity index (χ1) is 9.35. The van der Waals surface area contributed by atoms with Crippen LogP contribution in [0.3, 0.4) is 0 Å². The second-order valence-electron chi connectivity index (χ2n) is 5.52. The molecule has 0 aliphatic carbocycles. The molecule has 1 aromatic carbocycles. The van der Waals surface area contributed by atoms with E-state index in [0.29, 0.717) is 11.1 Å². The Kier molecular flexibility index (Phi) is 3.59. The van der Waals surface area contributed by atoms with Crippen molar-refractivity contribution >= 4 is 17.7 Å². The van der Waals surface area contributed by atoms with Crippen LogP contribution in [0.2, 0.25) is 0 Å². The molecule has 3 amide bonds. The molecule has 0 atom stereocenters. The molecule has 1 aliphatic rings. The van der Waals surface area contributed by atoms with Gasteiger partial charge in [-0.2, -0.15) is 0 Å². The van der Waals surface area contributed by atoms with Gasteiger partial charge in [0, 0.05) is 12.0 Å². The Morgan fingerprint density at radius 3 is 2.65 bits per heavy atom. The first-order valence-electron chi connectivity index (χ1n) is 6.30. The van der Waals surface area contributed by atoms with Gasteiger partial charge in [0.05, 0.1) is 12.0 Å². The number of hydrogen-bond acceptors (Lipinski definition) is 4. The zero-order chi connectivity index (χ0) is 14.9. The van der Waals surface area contributed by atoms with Crippen LogP contribution < -0.4 is 11.3 Å². The van der Waals surface area contributed by atoms with Crippen molar-refractivity contribution < 1.29 is 14.4 Å². The van der Waals surface area contributed by atoms with Crippen molar-refractivity contribution in [2.24, 2.45) is 11.3 Å². The van der Waals surface area contributed by atoms with Crippen molar-refractivity contribution in [3.8, 4) is 0 Å². The predicted octanol–water partition coefficient (Wildman–Crippen LogP) is 0.575. The third-order valence-electron chi connectivity index (χ3n) is 3.38. The minimum Gasteiger partial charge on any atom is -0.290 e. The smallest absolute Gasteiger partial charge is 0.265 e. The lowest BCUT2D eigenvalue weighted by Gasteiger charge is -2.18. The van der Waals surface area contributed by atoms with Crippen LogP contribution in [0.4, 0.5) is 0 Å². The summed E-state index contributed by atoms with van der Waals surface area (Å²) in [5, 5.41) is 0. The number of nitrogen functional groups attached to an aromatic ring is 1. The SMILES string of the molecule is CC1(C)CC(=O)N(Cc2cccc(C(=O)NN)c2)C1=O. The lowest BCUT2D eigenvalue weighted by Crippen LogP contribution is -2.33. The fraction of sp³-hybridized carbons (Fsp3) is 0.357. The van der Waals surface area contributed by atoms with Crippen LogP contribution >= 0.6 is 0 Å². The van der Waals surface area contributed by atoms with Crippen LogP contribution in [0.25, 0.3) is 0 Å². The zero-order valence-electron chi connectivity index (χ0n) is 11.5. The Balaban J connectivity index is 2.21. The second kappa shape index (κ2) is 5.05. The van der Waals surface area contributed by atoms with E-state index in [4.69, 9.17) is 5.84 Å². The molecule has 1 saturated heterocycles. The van der Waals surface area contributed by atoms with Gasteiger partial charge in [-0.05, 0) is 17.7 Å². The number of likely N-dealkylation sites (tertiary alicyclic amines) is 1. The molecule has 1 aliphatic heterocycles. The van der Waals surface area contributed by atoms with Gasteiger partial charge in [0.15, 0.2) is 0 Å². The molecule has 6 heteroatoms. The molecule has 2 rings (SSSR count). The third kappa shape index (κ3) is 2.55. The molecule has 0 spiro atoms. The number of imide groups is 1. The van der Waals surface area contributed by atoms with Gasteiger partial charge in [-0.25, -0.2) is 5.84 Å². The van der Waals surface area contributed by atoms with Gasteiger partial charge in [0.2, 0.25) is 11.8 Å². The van der Waals surface area contributed by atoms with Gasteiger partial charge in [-0.3, -0.25) is 24.7 Å². The van der Waals surface area contributed by atoms with E-state index >= 15 is 0 Å². The third-order valence-corrected chi connectivity index (χ3v) is 3.38. The van der Waals surface area contributed by atoms with Crippen molar-refractivity contribution in [2.45, 2.75) is 26.8 Å². The summed E-state index contributed by atoms with van der Waals surface area (Å²) in [6.07, 6.45) is 0.217. The highest BCUT2D eigenvalue weighted by Gasteiger charge is 2.44.